The number of hydrogen-bond acceptors (Lipinski definition) is 0. The molecule has 0 aliphatic heterocycles. The molecule has 0 radical (unpaired) electrons. The van der Waals surface area contributed by atoms with Crippen molar-refractivity contribution in [2.75, 3.05) is 0 Å². The number of allylic oxidation sites excluding steroid dienone is 1. The van der Waals surface area contributed by atoms with Crippen LogP contribution in [0.5, 0.6) is 0 Å². The quantitative estimate of drug-likeness (QED) is 0.688. The van der Waals surface area contributed by atoms with Crippen LogP contribution in [0.25, 0.3) is 6.08 Å². The summed E-state index contributed by atoms with van der Waals surface area (Å²) < 4.78 is 0. The van der Waals surface area contributed by atoms with Crippen LogP contribution < -0.4 is 10.6 Å². The number of rotatable bonds is 2. The van der Waals surface area contributed by atoms with Crippen molar-refractivity contribution in [2.45, 2.75) is 6.42 Å². The van der Waals surface area contributed by atoms with Gasteiger partial charge in [0.25, 0.3) is 0 Å². The van der Waals surface area contributed by atoms with Gasteiger partial charge in [-0.25, -0.2) is 0 Å². The molecule has 0 spiro atoms. The first-order valence-electron chi connectivity index (χ1n) is 5.53. The number of hydrogen-bond donors (Lipinski definition) is 0. The van der Waals surface area contributed by atoms with Crippen molar-refractivity contribution >= 4 is 25.3 Å². The molecule has 1 aliphatic rings. The van der Waals surface area contributed by atoms with Gasteiger partial charge in [-0.05, 0) is 34.2 Å². The Hall–Kier alpha value is -1.39. The van der Waals surface area contributed by atoms with Crippen LogP contribution in [-0.2, 0) is 6.42 Å². The molecule has 1 unspecified atom stereocenters. The van der Waals surface area contributed by atoms with Gasteiger partial charge in [0.2, 0.25) is 0 Å². The molecule has 1 aliphatic carbocycles. The normalized spacial score (nSPS) is 13.5. The van der Waals surface area contributed by atoms with E-state index >= 15 is 0 Å². The van der Waals surface area contributed by atoms with Crippen LogP contribution in [0.3, 0.4) is 0 Å². The highest BCUT2D eigenvalue weighted by Crippen LogP contribution is 2.20. The van der Waals surface area contributed by atoms with Gasteiger partial charge < -0.3 is 0 Å². The lowest BCUT2D eigenvalue weighted by Gasteiger charge is -2.05. The minimum absolute atomic E-state index is 0.766. The van der Waals surface area contributed by atoms with E-state index in [4.69, 9.17) is 0 Å². The van der Waals surface area contributed by atoms with Crippen LogP contribution in [0.2, 0.25) is 0 Å². The van der Waals surface area contributed by atoms with Gasteiger partial charge in [-0.3, -0.25) is 0 Å². The fraction of sp³-hybridized carbons (Fsp3) is 0.0667. The van der Waals surface area contributed by atoms with E-state index in [1.54, 1.807) is 0 Å². The minimum Gasteiger partial charge on any atom is -0.0795 e. The summed E-state index contributed by atoms with van der Waals surface area (Å²) >= 11 is 0. The molecule has 1 heteroatoms. The van der Waals surface area contributed by atoms with Gasteiger partial charge in [0.05, 0.1) is 0 Å². The second-order valence-electron chi connectivity index (χ2n) is 4.01. The van der Waals surface area contributed by atoms with Gasteiger partial charge in [-0.2, -0.15) is 0 Å². The second-order valence-corrected chi connectivity index (χ2v) is 5.42. The highest BCUT2D eigenvalue weighted by Gasteiger charge is 2.05. The zero-order chi connectivity index (χ0) is 10.8. The van der Waals surface area contributed by atoms with Crippen LogP contribution >= 0.6 is 8.58 Å². The lowest BCUT2D eigenvalue weighted by Crippen LogP contribution is -2.03. The van der Waals surface area contributed by atoms with Crippen molar-refractivity contribution in [1.82, 2.24) is 0 Å². The van der Waals surface area contributed by atoms with E-state index in [0.29, 0.717) is 0 Å². The Labute approximate surface area is 97.8 Å². The fourth-order valence-corrected chi connectivity index (χ4v) is 3.10. The molecule has 0 nitrogen and oxygen atoms in total. The van der Waals surface area contributed by atoms with Gasteiger partial charge >= 0.3 is 0 Å². The molecule has 0 aromatic heterocycles. The van der Waals surface area contributed by atoms with E-state index in [0.717, 1.165) is 15.0 Å². The first-order chi connectivity index (χ1) is 7.92. The molecule has 2 aromatic rings. The molecule has 0 saturated heterocycles. The third-order valence-corrected chi connectivity index (χ3v) is 4.07. The van der Waals surface area contributed by atoms with Crippen molar-refractivity contribution < 1.29 is 0 Å². The Morgan fingerprint density at radius 1 is 0.875 bits per heavy atom. The summed E-state index contributed by atoms with van der Waals surface area (Å²) in [6.07, 6.45) is 5.57. The summed E-state index contributed by atoms with van der Waals surface area (Å²) in [7, 11) is 0.766. The maximum absolute atomic E-state index is 2.32. The van der Waals surface area contributed by atoms with E-state index in [2.05, 4.69) is 60.7 Å². The Kier molecular flexibility index (Phi) is 2.60. The van der Waals surface area contributed by atoms with Gasteiger partial charge in [0.1, 0.15) is 0 Å². The first kappa shape index (κ1) is 9.81. The Morgan fingerprint density at radius 3 is 2.62 bits per heavy atom. The Morgan fingerprint density at radius 2 is 1.75 bits per heavy atom. The third-order valence-electron chi connectivity index (χ3n) is 2.84. The fourth-order valence-electron chi connectivity index (χ4n) is 2.01. The van der Waals surface area contributed by atoms with Crippen LogP contribution in [-0.4, -0.2) is 0 Å². The smallest absolute Gasteiger partial charge is 0.00882 e. The first-order valence-corrected chi connectivity index (χ1v) is 6.53. The molecule has 3 rings (SSSR count). The molecular formula is C15H13P. The predicted octanol–water partition coefficient (Wildman–Crippen LogP) is 2.89. The van der Waals surface area contributed by atoms with Crippen molar-refractivity contribution in [3.8, 4) is 0 Å². The molecule has 0 bridgehead atoms. The summed E-state index contributed by atoms with van der Waals surface area (Å²) in [5, 5.41) is 2.83. The molecule has 0 saturated carbocycles. The maximum Gasteiger partial charge on any atom is -0.00882 e. The Bertz CT molecular complexity index is 526. The summed E-state index contributed by atoms with van der Waals surface area (Å²) in [4.78, 5) is 0. The zero-order valence-corrected chi connectivity index (χ0v) is 9.98. The largest absolute Gasteiger partial charge is 0.0795 e. The summed E-state index contributed by atoms with van der Waals surface area (Å²) in [6.45, 7) is 0. The molecule has 0 heterocycles. The summed E-state index contributed by atoms with van der Waals surface area (Å²) in [6, 6.07) is 17.5. The van der Waals surface area contributed by atoms with E-state index in [1.807, 2.05) is 0 Å². The van der Waals surface area contributed by atoms with Crippen molar-refractivity contribution in [1.29, 1.82) is 0 Å². The Balaban J connectivity index is 1.88. The monoisotopic (exact) mass is 224 g/mol. The van der Waals surface area contributed by atoms with E-state index in [-0.39, 0.29) is 0 Å². The van der Waals surface area contributed by atoms with Gasteiger partial charge in [-0.15, -0.1) is 0 Å². The molecule has 78 valence electrons. The highest BCUT2D eigenvalue weighted by atomic mass is 31.1. The zero-order valence-electron chi connectivity index (χ0n) is 8.98. The minimum atomic E-state index is 0.766. The van der Waals surface area contributed by atoms with Gasteiger partial charge in [0, 0.05) is 0 Å². The molecule has 0 fully saturated rings. The summed E-state index contributed by atoms with van der Waals surface area (Å²) in [5.41, 5.74) is 2.86. The van der Waals surface area contributed by atoms with E-state index in [9.17, 15) is 0 Å². The average molecular weight is 224 g/mol. The molecule has 0 N–H and O–H groups in total. The number of benzene rings is 2. The van der Waals surface area contributed by atoms with E-state index in [1.165, 1.54) is 21.7 Å². The number of fused-ring (bicyclic) bond motifs is 1. The maximum atomic E-state index is 2.32. The lowest BCUT2D eigenvalue weighted by molar-refractivity contribution is 1.32. The molecular weight excluding hydrogens is 211 g/mol. The topological polar surface area (TPSA) is 0 Å². The summed E-state index contributed by atoms with van der Waals surface area (Å²) in [5.74, 6) is 0. The van der Waals surface area contributed by atoms with E-state index < -0.39 is 0 Å². The van der Waals surface area contributed by atoms with Gasteiger partial charge in [0.15, 0.2) is 0 Å². The molecule has 0 amide bonds. The lowest BCUT2D eigenvalue weighted by atomic mass is 10.1. The van der Waals surface area contributed by atoms with Crippen molar-refractivity contribution in [3.63, 3.8) is 0 Å². The van der Waals surface area contributed by atoms with Crippen LogP contribution in [0.1, 0.15) is 11.1 Å². The standard InChI is InChI=1S/C15H13P/c1-2-7-14(8-3-1)16-15-10-9-12-5-4-6-13(12)11-15/h1-4,6-11,16H,5H2. The van der Waals surface area contributed by atoms with Crippen LogP contribution in [0.15, 0.2) is 54.6 Å². The SMILES string of the molecule is C1=Cc2cc(Pc3ccccc3)ccc2C1. The molecule has 1 atom stereocenters. The van der Waals surface area contributed by atoms with Crippen LogP contribution in [0, 0.1) is 0 Å². The van der Waals surface area contributed by atoms with Crippen molar-refractivity contribution in [2.24, 2.45) is 0 Å². The molecule has 16 heavy (non-hydrogen) atoms. The average Bonchev–Trinajstić information content (AvgIpc) is 2.77. The molecule has 2 aromatic carbocycles. The predicted molar refractivity (Wildman–Crippen MR) is 73.2 cm³/mol. The third kappa shape index (κ3) is 1.94. The van der Waals surface area contributed by atoms with Crippen molar-refractivity contribution in [3.05, 3.63) is 65.7 Å². The second kappa shape index (κ2) is 4.23. The highest BCUT2D eigenvalue weighted by molar-refractivity contribution is 7.55. The van der Waals surface area contributed by atoms with Crippen LogP contribution in [0.4, 0.5) is 0 Å². The van der Waals surface area contributed by atoms with Gasteiger partial charge in [-0.1, -0.05) is 63.2 Å².